The van der Waals surface area contributed by atoms with E-state index in [4.69, 9.17) is 18.9 Å². The van der Waals surface area contributed by atoms with Gasteiger partial charge in [0, 0.05) is 68.8 Å². The Bertz CT molecular complexity index is 1980. The average molecular weight is 753 g/mol. The Labute approximate surface area is 320 Å². The third-order valence-electron chi connectivity index (χ3n) is 10.2. The molecule has 3 aromatic carbocycles. The van der Waals surface area contributed by atoms with Crippen molar-refractivity contribution in [3.8, 4) is 28.4 Å². The fourth-order valence-electron chi connectivity index (χ4n) is 7.19. The summed E-state index contributed by atoms with van der Waals surface area (Å²) in [6, 6.07) is 19.7. The normalized spacial score (nSPS) is 18.1. The molecular weight excluding hydrogens is 704 g/mol. The number of methoxy groups -OCH3 is 1. The largest absolute Gasteiger partial charge is 0.493 e. The number of hydrogen-bond acceptors (Lipinski definition) is 10. The highest BCUT2D eigenvalue weighted by Crippen LogP contribution is 2.38. The second-order valence-corrected chi connectivity index (χ2v) is 13.9. The number of hydrogen-bond donors (Lipinski definition) is 4. The molecule has 3 amide bonds. The van der Waals surface area contributed by atoms with E-state index in [-0.39, 0.29) is 36.8 Å². The summed E-state index contributed by atoms with van der Waals surface area (Å²) in [7, 11) is 3.34. The summed E-state index contributed by atoms with van der Waals surface area (Å²) >= 11 is 0. The standard InChI is InChI=1S/C41H48N6O8/c1-45-26-28(23-35(45)40(50)43-30-11-13-31(14-12-30)54-22-18-46-16-20-53-21-17-46)27-7-9-29(10-8-27)42-38(48)6-4-19-55-37-25-33-32(24-36(37)52-2)41(51)47-15-3-5-34(47)39(49)44-33/h7-14,23-26,34,39,44,49H,3-6,15-22H2,1-2H3,(H,42,48)(H,43,50)/t34-,39-/m0/s1. The number of benzene rings is 3. The minimum Gasteiger partial charge on any atom is -0.493 e. The number of rotatable bonds is 14. The Morgan fingerprint density at radius 1 is 0.909 bits per heavy atom. The monoisotopic (exact) mass is 752 g/mol. The van der Waals surface area contributed by atoms with Gasteiger partial charge in [-0.1, -0.05) is 12.1 Å². The Kier molecular flexibility index (Phi) is 11.8. The zero-order chi connectivity index (χ0) is 38.3. The SMILES string of the molecule is COc1cc2c(cc1OCCCC(=O)Nc1ccc(-c3cc(C(=O)Nc4ccc(OCCN5CCOCC5)cc4)n(C)c3)cc1)N[C@@H](O)[C@@H]1CCCN1C2=O. The van der Waals surface area contributed by atoms with E-state index in [2.05, 4.69) is 20.9 Å². The zero-order valence-corrected chi connectivity index (χ0v) is 31.2. The molecule has 4 heterocycles. The Balaban J connectivity index is 0.866. The van der Waals surface area contributed by atoms with Gasteiger partial charge in [-0.25, -0.2) is 0 Å². The summed E-state index contributed by atoms with van der Waals surface area (Å²) in [6.45, 7) is 5.64. The molecular formula is C41H48N6O8. The number of amides is 3. The maximum absolute atomic E-state index is 13.2. The van der Waals surface area contributed by atoms with Gasteiger partial charge in [-0.05, 0) is 73.4 Å². The van der Waals surface area contributed by atoms with Crippen molar-refractivity contribution in [2.45, 2.75) is 38.0 Å². The third kappa shape index (κ3) is 9.05. The molecule has 0 aliphatic carbocycles. The van der Waals surface area contributed by atoms with E-state index in [0.29, 0.717) is 59.4 Å². The number of carbonyl (C=O) groups is 3. The van der Waals surface area contributed by atoms with Crippen molar-refractivity contribution in [1.29, 1.82) is 0 Å². The highest BCUT2D eigenvalue weighted by Gasteiger charge is 2.39. The lowest BCUT2D eigenvalue weighted by molar-refractivity contribution is -0.116. The number of aromatic nitrogens is 1. The maximum atomic E-state index is 13.2. The lowest BCUT2D eigenvalue weighted by Gasteiger charge is -2.26. The lowest BCUT2D eigenvalue weighted by Crippen LogP contribution is -2.43. The van der Waals surface area contributed by atoms with Crippen LogP contribution in [0.4, 0.5) is 17.1 Å². The van der Waals surface area contributed by atoms with Gasteiger partial charge in [0.15, 0.2) is 11.5 Å². The van der Waals surface area contributed by atoms with Crippen molar-refractivity contribution in [3.63, 3.8) is 0 Å². The van der Waals surface area contributed by atoms with Crippen LogP contribution in [0, 0.1) is 0 Å². The molecule has 2 atom stereocenters. The summed E-state index contributed by atoms with van der Waals surface area (Å²) in [5.41, 5.74) is 4.51. The Morgan fingerprint density at radius 2 is 1.65 bits per heavy atom. The number of ether oxygens (including phenoxy) is 4. The van der Waals surface area contributed by atoms with E-state index in [1.54, 1.807) is 21.6 Å². The van der Waals surface area contributed by atoms with Gasteiger partial charge in [-0.15, -0.1) is 0 Å². The molecule has 4 aromatic rings. The molecule has 0 bridgehead atoms. The second kappa shape index (κ2) is 17.3. The van der Waals surface area contributed by atoms with Crippen LogP contribution in [0.25, 0.3) is 11.1 Å². The minimum atomic E-state index is -0.879. The molecule has 4 N–H and O–H groups in total. The fourth-order valence-corrected chi connectivity index (χ4v) is 7.19. The van der Waals surface area contributed by atoms with E-state index in [1.807, 2.05) is 67.8 Å². The van der Waals surface area contributed by atoms with Crippen LogP contribution < -0.4 is 30.2 Å². The number of aliphatic hydroxyl groups is 1. The van der Waals surface area contributed by atoms with Crippen LogP contribution in [-0.2, 0) is 16.6 Å². The number of nitrogens with zero attached hydrogens (tertiary/aromatic N) is 3. The van der Waals surface area contributed by atoms with E-state index in [9.17, 15) is 19.5 Å². The topological polar surface area (TPSA) is 156 Å². The number of aliphatic hydroxyl groups excluding tert-OH is 1. The summed E-state index contributed by atoms with van der Waals surface area (Å²) in [5.74, 6) is 1.04. The Morgan fingerprint density at radius 3 is 2.42 bits per heavy atom. The molecule has 0 spiro atoms. The minimum absolute atomic E-state index is 0.146. The lowest BCUT2D eigenvalue weighted by atomic mass is 10.1. The maximum Gasteiger partial charge on any atom is 0.272 e. The van der Waals surface area contributed by atoms with Crippen molar-refractivity contribution in [2.24, 2.45) is 7.05 Å². The number of anilines is 3. The fraction of sp³-hybridized carbons (Fsp3) is 0.390. The molecule has 7 rings (SSSR count). The Hall–Kier alpha value is -5.57. The number of fused-ring (bicyclic) bond motifs is 2. The van der Waals surface area contributed by atoms with E-state index >= 15 is 0 Å². The first kappa shape index (κ1) is 37.7. The van der Waals surface area contributed by atoms with Crippen molar-refractivity contribution >= 4 is 34.8 Å². The van der Waals surface area contributed by atoms with Crippen LogP contribution in [0.2, 0.25) is 0 Å². The van der Waals surface area contributed by atoms with Crippen molar-refractivity contribution < 1.29 is 38.4 Å². The number of aryl methyl sites for hydroxylation is 1. The van der Waals surface area contributed by atoms with Crippen LogP contribution in [-0.4, -0.2) is 109 Å². The van der Waals surface area contributed by atoms with Crippen LogP contribution >= 0.6 is 0 Å². The number of morpholine rings is 1. The number of carbonyl (C=O) groups excluding carboxylic acids is 3. The van der Waals surface area contributed by atoms with Gasteiger partial charge in [0.25, 0.3) is 11.8 Å². The summed E-state index contributed by atoms with van der Waals surface area (Å²) in [4.78, 5) is 43.1. The first-order valence-corrected chi connectivity index (χ1v) is 18.8. The molecule has 14 nitrogen and oxygen atoms in total. The van der Waals surface area contributed by atoms with Crippen LogP contribution in [0.15, 0.2) is 72.9 Å². The van der Waals surface area contributed by atoms with E-state index in [0.717, 1.165) is 62.6 Å². The second-order valence-electron chi connectivity index (χ2n) is 13.9. The highest BCUT2D eigenvalue weighted by molar-refractivity contribution is 6.04. The van der Waals surface area contributed by atoms with Gasteiger partial charge in [0.1, 0.15) is 24.3 Å². The van der Waals surface area contributed by atoms with Crippen LogP contribution in [0.1, 0.15) is 46.5 Å². The van der Waals surface area contributed by atoms with Gasteiger partial charge in [-0.3, -0.25) is 19.3 Å². The van der Waals surface area contributed by atoms with Crippen LogP contribution in [0.5, 0.6) is 17.2 Å². The van der Waals surface area contributed by atoms with Gasteiger partial charge in [0.2, 0.25) is 5.91 Å². The highest BCUT2D eigenvalue weighted by atomic mass is 16.5. The average Bonchev–Trinajstić information content (AvgIpc) is 3.83. The summed E-state index contributed by atoms with van der Waals surface area (Å²) in [5, 5.41) is 19.6. The number of nitrogens with one attached hydrogen (secondary N) is 3. The van der Waals surface area contributed by atoms with Gasteiger partial charge >= 0.3 is 0 Å². The first-order chi connectivity index (χ1) is 26.7. The quantitative estimate of drug-likeness (QED) is 0.132. The molecule has 1 aromatic heterocycles. The van der Waals surface area contributed by atoms with Gasteiger partial charge in [0.05, 0.1) is 44.2 Å². The zero-order valence-electron chi connectivity index (χ0n) is 31.2. The molecule has 2 saturated heterocycles. The molecule has 3 aliphatic heterocycles. The first-order valence-electron chi connectivity index (χ1n) is 18.8. The molecule has 0 unspecified atom stereocenters. The summed E-state index contributed by atoms with van der Waals surface area (Å²) < 4.78 is 24.5. The molecule has 0 radical (unpaired) electrons. The predicted octanol–water partition coefficient (Wildman–Crippen LogP) is 4.81. The summed E-state index contributed by atoms with van der Waals surface area (Å²) in [6.07, 6.45) is 3.27. The van der Waals surface area contributed by atoms with Crippen molar-refractivity contribution in [1.82, 2.24) is 14.4 Å². The van der Waals surface area contributed by atoms with Gasteiger partial charge in [-0.2, -0.15) is 0 Å². The molecule has 55 heavy (non-hydrogen) atoms. The van der Waals surface area contributed by atoms with E-state index in [1.165, 1.54) is 7.11 Å². The van der Waals surface area contributed by atoms with Crippen molar-refractivity contribution in [3.05, 3.63) is 84.2 Å². The van der Waals surface area contributed by atoms with E-state index < -0.39 is 6.23 Å². The predicted molar refractivity (Wildman–Crippen MR) is 208 cm³/mol. The van der Waals surface area contributed by atoms with Crippen molar-refractivity contribution in [2.75, 3.05) is 75.7 Å². The molecule has 3 aliphatic rings. The van der Waals surface area contributed by atoms with Gasteiger partial charge < -0.3 is 49.5 Å². The molecule has 14 heteroatoms. The smallest absolute Gasteiger partial charge is 0.272 e. The molecule has 0 saturated carbocycles. The third-order valence-corrected chi connectivity index (χ3v) is 10.2. The molecule has 290 valence electrons. The van der Waals surface area contributed by atoms with Crippen LogP contribution in [0.3, 0.4) is 0 Å². The molecule has 2 fully saturated rings.